The summed E-state index contributed by atoms with van der Waals surface area (Å²) < 4.78 is 34.3. The van der Waals surface area contributed by atoms with Crippen molar-refractivity contribution in [3.8, 4) is 17.2 Å². The van der Waals surface area contributed by atoms with Gasteiger partial charge in [-0.3, -0.25) is 0 Å². The van der Waals surface area contributed by atoms with Gasteiger partial charge < -0.3 is 15.0 Å². The molecule has 1 aliphatic carbocycles. The SMILES string of the molecule is NC1(c2noc(-c3ccccc3OC(F)F)n2)CCC1. The highest BCUT2D eigenvalue weighted by atomic mass is 19.3. The van der Waals surface area contributed by atoms with Crippen molar-refractivity contribution in [2.75, 3.05) is 0 Å². The van der Waals surface area contributed by atoms with Gasteiger partial charge in [-0.1, -0.05) is 17.3 Å². The number of para-hydroxylation sites is 1. The topological polar surface area (TPSA) is 74.2 Å². The Morgan fingerprint density at radius 1 is 1.30 bits per heavy atom. The zero-order chi connectivity index (χ0) is 14.2. The average Bonchev–Trinajstić information content (AvgIpc) is 2.85. The second kappa shape index (κ2) is 4.82. The van der Waals surface area contributed by atoms with Crippen LogP contribution < -0.4 is 10.5 Å². The van der Waals surface area contributed by atoms with Crippen molar-refractivity contribution in [2.45, 2.75) is 31.4 Å². The van der Waals surface area contributed by atoms with Crippen LogP contribution in [0.4, 0.5) is 8.78 Å². The maximum atomic E-state index is 12.4. The quantitative estimate of drug-likeness (QED) is 0.932. The minimum Gasteiger partial charge on any atom is -0.434 e. The molecular formula is C13H13F2N3O2. The first-order valence-electron chi connectivity index (χ1n) is 6.26. The van der Waals surface area contributed by atoms with Crippen LogP contribution >= 0.6 is 0 Å². The van der Waals surface area contributed by atoms with E-state index in [0.29, 0.717) is 11.4 Å². The fourth-order valence-electron chi connectivity index (χ4n) is 2.16. The van der Waals surface area contributed by atoms with Crippen molar-refractivity contribution in [1.29, 1.82) is 0 Å². The minimum atomic E-state index is -2.91. The van der Waals surface area contributed by atoms with Crippen LogP contribution in [0.3, 0.4) is 0 Å². The lowest BCUT2D eigenvalue weighted by Crippen LogP contribution is -2.44. The molecule has 1 fully saturated rings. The predicted molar refractivity (Wildman–Crippen MR) is 66.1 cm³/mol. The van der Waals surface area contributed by atoms with E-state index < -0.39 is 12.2 Å². The average molecular weight is 281 g/mol. The summed E-state index contributed by atoms with van der Waals surface area (Å²) in [6.07, 6.45) is 2.60. The van der Waals surface area contributed by atoms with Crippen molar-refractivity contribution in [3.63, 3.8) is 0 Å². The zero-order valence-corrected chi connectivity index (χ0v) is 10.6. The van der Waals surface area contributed by atoms with Crippen molar-refractivity contribution in [1.82, 2.24) is 10.1 Å². The van der Waals surface area contributed by atoms with Gasteiger partial charge >= 0.3 is 6.61 Å². The van der Waals surface area contributed by atoms with Crippen LogP contribution in [-0.4, -0.2) is 16.8 Å². The number of rotatable bonds is 4. The molecule has 1 heterocycles. The van der Waals surface area contributed by atoms with Crippen LogP contribution in [-0.2, 0) is 5.54 Å². The van der Waals surface area contributed by atoms with Gasteiger partial charge in [-0.25, -0.2) is 0 Å². The number of halogens is 2. The van der Waals surface area contributed by atoms with Crippen molar-refractivity contribution in [2.24, 2.45) is 5.73 Å². The summed E-state index contributed by atoms with van der Waals surface area (Å²) in [5.74, 6) is 0.538. The first-order valence-corrected chi connectivity index (χ1v) is 6.26. The molecule has 0 amide bonds. The molecule has 5 nitrogen and oxygen atoms in total. The van der Waals surface area contributed by atoms with Crippen LogP contribution in [0.1, 0.15) is 25.1 Å². The van der Waals surface area contributed by atoms with Crippen LogP contribution in [0.2, 0.25) is 0 Å². The monoisotopic (exact) mass is 281 g/mol. The Balaban J connectivity index is 1.93. The highest BCUT2D eigenvalue weighted by Crippen LogP contribution is 2.38. The first-order chi connectivity index (χ1) is 9.58. The van der Waals surface area contributed by atoms with Crippen molar-refractivity contribution >= 4 is 0 Å². The molecule has 1 aromatic heterocycles. The third kappa shape index (κ3) is 2.24. The molecule has 106 valence electrons. The summed E-state index contributed by atoms with van der Waals surface area (Å²) in [6.45, 7) is -2.91. The Labute approximate surface area is 113 Å². The second-order valence-electron chi connectivity index (χ2n) is 4.81. The number of nitrogens with two attached hydrogens (primary N) is 1. The largest absolute Gasteiger partial charge is 0.434 e. The number of ether oxygens (including phenoxy) is 1. The summed E-state index contributed by atoms with van der Waals surface area (Å²) in [5, 5.41) is 3.85. The van der Waals surface area contributed by atoms with Gasteiger partial charge in [0, 0.05) is 0 Å². The molecule has 0 saturated heterocycles. The number of nitrogens with zero attached hydrogens (tertiary/aromatic N) is 2. The molecule has 1 aliphatic rings. The Hall–Kier alpha value is -2.02. The maximum absolute atomic E-state index is 12.4. The van der Waals surface area contributed by atoms with E-state index in [9.17, 15) is 8.78 Å². The molecule has 2 N–H and O–H groups in total. The third-order valence-corrected chi connectivity index (χ3v) is 3.45. The number of alkyl halides is 2. The fourth-order valence-corrected chi connectivity index (χ4v) is 2.16. The van der Waals surface area contributed by atoms with Crippen LogP contribution in [0, 0.1) is 0 Å². The Morgan fingerprint density at radius 3 is 2.70 bits per heavy atom. The van der Waals surface area contributed by atoms with Gasteiger partial charge in [-0.05, 0) is 31.4 Å². The maximum Gasteiger partial charge on any atom is 0.387 e. The van der Waals surface area contributed by atoms with Gasteiger partial charge in [-0.2, -0.15) is 13.8 Å². The normalized spacial score (nSPS) is 17.0. The third-order valence-electron chi connectivity index (χ3n) is 3.45. The van der Waals surface area contributed by atoms with Gasteiger partial charge in [0.25, 0.3) is 5.89 Å². The molecule has 0 aliphatic heterocycles. The minimum absolute atomic E-state index is 0.00243. The molecule has 2 aromatic rings. The molecule has 20 heavy (non-hydrogen) atoms. The van der Waals surface area contributed by atoms with E-state index in [1.807, 2.05) is 0 Å². The van der Waals surface area contributed by atoms with E-state index in [2.05, 4.69) is 14.9 Å². The van der Waals surface area contributed by atoms with Crippen LogP contribution in [0.25, 0.3) is 11.5 Å². The van der Waals surface area contributed by atoms with E-state index in [1.54, 1.807) is 18.2 Å². The zero-order valence-electron chi connectivity index (χ0n) is 10.6. The summed E-state index contributed by atoms with van der Waals surface area (Å²) >= 11 is 0. The van der Waals surface area contributed by atoms with E-state index >= 15 is 0 Å². The summed E-state index contributed by atoms with van der Waals surface area (Å²) in [6, 6.07) is 6.28. The van der Waals surface area contributed by atoms with E-state index in [0.717, 1.165) is 19.3 Å². The van der Waals surface area contributed by atoms with Crippen LogP contribution in [0.5, 0.6) is 5.75 Å². The number of hydrogen-bond donors (Lipinski definition) is 1. The summed E-state index contributed by atoms with van der Waals surface area (Å²) in [4.78, 5) is 4.21. The molecule has 1 saturated carbocycles. The van der Waals surface area contributed by atoms with Gasteiger partial charge in [0.1, 0.15) is 5.75 Å². The van der Waals surface area contributed by atoms with Crippen molar-refractivity contribution in [3.05, 3.63) is 30.1 Å². The fraction of sp³-hybridized carbons (Fsp3) is 0.385. The molecule has 1 aromatic carbocycles. The molecule has 3 rings (SSSR count). The Morgan fingerprint density at radius 2 is 2.05 bits per heavy atom. The van der Waals surface area contributed by atoms with Crippen molar-refractivity contribution < 1.29 is 18.0 Å². The lowest BCUT2D eigenvalue weighted by molar-refractivity contribution is -0.0495. The van der Waals surface area contributed by atoms with E-state index in [-0.39, 0.29) is 11.6 Å². The lowest BCUT2D eigenvalue weighted by Gasteiger charge is -2.34. The predicted octanol–water partition coefficient (Wildman–Crippen LogP) is 2.68. The second-order valence-corrected chi connectivity index (χ2v) is 4.81. The molecule has 7 heteroatoms. The smallest absolute Gasteiger partial charge is 0.387 e. The Bertz CT molecular complexity index is 611. The van der Waals surface area contributed by atoms with E-state index in [1.165, 1.54) is 6.07 Å². The molecule has 0 spiro atoms. The molecular weight excluding hydrogens is 268 g/mol. The van der Waals surface area contributed by atoms with Gasteiger partial charge in [-0.15, -0.1) is 0 Å². The standard InChI is InChI=1S/C13H13F2N3O2/c14-12(15)19-9-5-2-1-4-8(9)10-17-11(18-20-10)13(16)6-3-7-13/h1-2,4-5,12H,3,6-7,16H2. The molecule has 0 bridgehead atoms. The van der Waals surface area contributed by atoms with Gasteiger partial charge in [0.15, 0.2) is 5.82 Å². The number of aromatic nitrogens is 2. The highest BCUT2D eigenvalue weighted by Gasteiger charge is 2.39. The molecule has 0 radical (unpaired) electrons. The summed E-state index contributed by atoms with van der Waals surface area (Å²) in [7, 11) is 0. The summed E-state index contributed by atoms with van der Waals surface area (Å²) in [5.41, 5.74) is 5.87. The number of hydrogen-bond acceptors (Lipinski definition) is 5. The molecule has 0 unspecified atom stereocenters. The van der Waals surface area contributed by atoms with Gasteiger partial charge in [0.05, 0.1) is 11.1 Å². The first kappa shape index (κ1) is 13.0. The lowest BCUT2D eigenvalue weighted by atomic mass is 9.77. The number of benzene rings is 1. The Kier molecular flexibility index (Phi) is 3.13. The van der Waals surface area contributed by atoms with Gasteiger partial charge in [0.2, 0.25) is 0 Å². The highest BCUT2D eigenvalue weighted by molar-refractivity contribution is 5.62. The van der Waals surface area contributed by atoms with E-state index in [4.69, 9.17) is 10.3 Å². The molecule has 0 atom stereocenters. The van der Waals surface area contributed by atoms with Crippen LogP contribution in [0.15, 0.2) is 28.8 Å².